The molecule has 3 N–H and O–H groups in total. The van der Waals surface area contributed by atoms with Gasteiger partial charge in [0.2, 0.25) is 5.91 Å². The number of aliphatic hydroxyl groups excluding tert-OH is 2. The van der Waals surface area contributed by atoms with Crippen LogP contribution >= 0.6 is 0 Å². The highest BCUT2D eigenvalue weighted by molar-refractivity contribution is 7.90. The lowest BCUT2D eigenvalue weighted by Gasteiger charge is -2.64. The average Bonchev–Trinajstić information content (AvgIpc) is 3.38. The normalized spacial score (nSPS) is 40.0. The lowest BCUT2D eigenvalue weighted by atomic mass is 9.41. The highest BCUT2D eigenvalue weighted by Crippen LogP contribution is 2.69. The monoisotopic (exact) mass is 658 g/mol. The molecule has 2 amide bonds. The molecule has 0 aromatic heterocycles. The van der Waals surface area contributed by atoms with Gasteiger partial charge in [0.25, 0.3) is 10.0 Å². The van der Waals surface area contributed by atoms with E-state index >= 15 is 0 Å². The zero-order chi connectivity index (χ0) is 33.0. The number of hydrogen-bond donors (Lipinski definition) is 3. The number of aliphatic hydroxyl groups is 2. The summed E-state index contributed by atoms with van der Waals surface area (Å²) in [6.45, 7) is 9.83. The van der Waals surface area contributed by atoms with Crippen LogP contribution in [0.4, 0.5) is 10.5 Å². The summed E-state index contributed by atoms with van der Waals surface area (Å²) in [4.78, 5) is 26.6. The minimum atomic E-state index is -4.14. The topological polar surface area (TPSA) is 133 Å². The lowest BCUT2D eigenvalue weighted by molar-refractivity contribution is -0.203. The first-order valence-corrected chi connectivity index (χ1v) is 19.2. The maximum atomic E-state index is 13.0. The molecule has 11 atom stereocenters. The van der Waals surface area contributed by atoms with E-state index in [2.05, 4.69) is 32.4 Å². The Bertz CT molecular complexity index is 1400. The number of benzene rings is 1. The van der Waals surface area contributed by atoms with Crippen LogP contribution in [0.2, 0.25) is 0 Å². The number of amides is 2. The number of piperidine rings is 1. The summed E-state index contributed by atoms with van der Waals surface area (Å²) >= 11 is 0. The van der Waals surface area contributed by atoms with Gasteiger partial charge < -0.3 is 19.8 Å². The van der Waals surface area contributed by atoms with Gasteiger partial charge in [-0.05, 0) is 134 Å². The van der Waals surface area contributed by atoms with Gasteiger partial charge in [-0.2, -0.15) is 0 Å². The molecule has 1 saturated heterocycles. The van der Waals surface area contributed by atoms with Crippen LogP contribution in [0, 0.1) is 52.3 Å². The van der Waals surface area contributed by atoms with E-state index < -0.39 is 16.1 Å². The van der Waals surface area contributed by atoms with E-state index in [1.165, 1.54) is 12.1 Å². The standard InChI is InChI=1S/C36H54N2O7S/c1-5-26-30-20-24(39)15-17-36(30,4)29-16-18-35(3)27(13-14-28(35)32(29)33(26)41)22(2)21-45-34(42)37-46(43,44)25-11-9-23(10-12-25)38-19-7-6-8-31(38)40/h9-12,22,24,26-30,32-33,39,41H,5-8,13-21H2,1-4H3,(H,37,42)/t22-,24-,26-,27-,28+,29+,30+,32+,33-,35-,36-/m1/s1. The molecule has 0 bridgehead atoms. The summed E-state index contributed by atoms with van der Waals surface area (Å²) in [7, 11) is -4.14. The summed E-state index contributed by atoms with van der Waals surface area (Å²) in [5.41, 5.74) is 0.808. The van der Waals surface area contributed by atoms with E-state index in [-0.39, 0.29) is 58.2 Å². The number of fused-ring (bicyclic) bond motifs is 5. The van der Waals surface area contributed by atoms with Crippen LogP contribution in [0.1, 0.15) is 98.3 Å². The van der Waals surface area contributed by atoms with Crippen molar-refractivity contribution in [3.8, 4) is 0 Å². The van der Waals surface area contributed by atoms with Crippen molar-refractivity contribution in [1.82, 2.24) is 4.72 Å². The van der Waals surface area contributed by atoms with Crippen LogP contribution < -0.4 is 9.62 Å². The third-order valence-corrected chi connectivity index (χ3v) is 15.0. The second-order valence-electron chi connectivity index (χ2n) is 15.8. The number of rotatable bonds is 7. The molecule has 4 aliphatic carbocycles. The second kappa shape index (κ2) is 12.7. The Labute approximate surface area is 274 Å². The van der Waals surface area contributed by atoms with Gasteiger partial charge in [0.15, 0.2) is 0 Å². The van der Waals surface area contributed by atoms with Crippen LogP contribution in [0.25, 0.3) is 0 Å². The molecule has 5 aliphatic rings. The smallest absolute Gasteiger partial charge is 0.421 e. The molecular formula is C36H54N2O7S. The molecule has 1 aliphatic heterocycles. The second-order valence-corrected chi connectivity index (χ2v) is 17.5. The Hall–Kier alpha value is -2.17. The van der Waals surface area contributed by atoms with Crippen molar-refractivity contribution < 1.29 is 33.0 Å². The minimum Gasteiger partial charge on any atom is -0.449 e. The Morgan fingerprint density at radius 2 is 1.72 bits per heavy atom. The minimum absolute atomic E-state index is 0.0145. The van der Waals surface area contributed by atoms with Gasteiger partial charge in [0, 0.05) is 18.7 Å². The number of carbonyl (C=O) groups excluding carboxylic acids is 2. The summed E-state index contributed by atoms with van der Waals surface area (Å²) < 4.78 is 33.5. The molecule has 0 radical (unpaired) electrons. The zero-order valence-corrected chi connectivity index (χ0v) is 28.8. The van der Waals surface area contributed by atoms with E-state index in [0.29, 0.717) is 42.3 Å². The van der Waals surface area contributed by atoms with Crippen LogP contribution in [0.5, 0.6) is 0 Å². The van der Waals surface area contributed by atoms with Crippen molar-refractivity contribution in [3.05, 3.63) is 24.3 Å². The Morgan fingerprint density at radius 3 is 2.41 bits per heavy atom. The van der Waals surface area contributed by atoms with Gasteiger partial charge in [-0.1, -0.05) is 34.1 Å². The Morgan fingerprint density at radius 1 is 1.02 bits per heavy atom. The van der Waals surface area contributed by atoms with Crippen molar-refractivity contribution in [2.24, 2.45) is 52.3 Å². The molecule has 0 unspecified atom stereocenters. The first-order valence-electron chi connectivity index (χ1n) is 17.8. The van der Waals surface area contributed by atoms with E-state index in [9.17, 15) is 28.2 Å². The van der Waals surface area contributed by atoms with Crippen LogP contribution in [-0.2, 0) is 19.6 Å². The predicted molar refractivity (Wildman–Crippen MR) is 175 cm³/mol. The largest absolute Gasteiger partial charge is 0.449 e. The molecule has 1 heterocycles. The maximum Gasteiger partial charge on any atom is 0.421 e. The van der Waals surface area contributed by atoms with E-state index in [1.54, 1.807) is 17.0 Å². The quantitative estimate of drug-likeness (QED) is 0.333. The molecular weight excluding hydrogens is 604 g/mol. The molecule has 1 aromatic carbocycles. The Kier molecular flexibility index (Phi) is 9.31. The fourth-order valence-corrected chi connectivity index (χ4v) is 12.2. The van der Waals surface area contributed by atoms with Crippen molar-refractivity contribution in [2.75, 3.05) is 18.1 Å². The van der Waals surface area contributed by atoms with Gasteiger partial charge in [-0.3, -0.25) is 4.79 Å². The summed E-state index contributed by atoms with van der Waals surface area (Å²) in [6, 6.07) is 6.01. The summed E-state index contributed by atoms with van der Waals surface area (Å²) in [5, 5.41) is 22.5. The number of nitrogens with one attached hydrogen (secondary N) is 1. The number of hydrogen-bond acceptors (Lipinski definition) is 7. The van der Waals surface area contributed by atoms with Gasteiger partial charge in [-0.15, -0.1) is 0 Å². The Balaban J connectivity index is 1.08. The highest BCUT2D eigenvalue weighted by atomic mass is 32.2. The third-order valence-electron chi connectivity index (χ3n) is 13.6. The number of ether oxygens (including phenoxy) is 1. The summed E-state index contributed by atoms with van der Waals surface area (Å²) in [5.74, 6) is 2.03. The number of anilines is 1. The maximum absolute atomic E-state index is 13.0. The van der Waals surface area contributed by atoms with Crippen molar-refractivity contribution in [3.63, 3.8) is 0 Å². The van der Waals surface area contributed by atoms with Crippen molar-refractivity contribution >= 4 is 27.7 Å². The number of carbonyl (C=O) groups is 2. The molecule has 1 aromatic rings. The van der Waals surface area contributed by atoms with Crippen LogP contribution in [0.3, 0.4) is 0 Å². The van der Waals surface area contributed by atoms with Crippen LogP contribution in [-0.4, -0.2) is 56.0 Å². The number of nitrogens with zero attached hydrogens (tertiary/aromatic N) is 1. The van der Waals surface area contributed by atoms with E-state index in [4.69, 9.17) is 4.74 Å². The highest BCUT2D eigenvalue weighted by Gasteiger charge is 2.65. The van der Waals surface area contributed by atoms with Gasteiger partial charge in [-0.25, -0.2) is 17.9 Å². The van der Waals surface area contributed by atoms with Gasteiger partial charge in [0.1, 0.15) is 0 Å². The van der Waals surface area contributed by atoms with Gasteiger partial charge in [0.05, 0.1) is 23.7 Å². The fourth-order valence-electron chi connectivity index (χ4n) is 11.3. The third kappa shape index (κ3) is 5.78. The molecule has 0 spiro atoms. The molecule has 5 fully saturated rings. The molecule has 9 nitrogen and oxygen atoms in total. The molecule has 46 heavy (non-hydrogen) atoms. The fraction of sp³-hybridized carbons (Fsp3) is 0.778. The summed E-state index contributed by atoms with van der Waals surface area (Å²) in [6.07, 6.45) is 8.45. The zero-order valence-electron chi connectivity index (χ0n) is 28.0. The number of sulfonamides is 1. The van der Waals surface area contributed by atoms with E-state index in [0.717, 1.165) is 64.2 Å². The van der Waals surface area contributed by atoms with Crippen LogP contribution in [0.15, 0.2) is 29.2 Å². The molecule has 10 heteroatoms. The van der Waals surface area contributed by atoms with E-state index in [1.807, 2.05) is 0 Å². The van der Waals surface area contributed by atoms with Gasteiger partial charge >= 0.3 is 6.09 Å². The van der Waals surface area contributed by atoms with Crippen molar-refractivity contribution in [1.29, 1.82) is 0 Å². The molecule has 256 valence electrons. The predicted octanol–water partition coefficient (Wildman–Crippen LogP) is 5.88. The lowest BCUT2D eigenvalue weighted by Crippen LogP contribution is -2.62. The first-order chi connectivity index (χ1) is 21.8. The SMILES string of the molecule is CC[C@H]1[C@@H](O)[C@@H]2[C@H](CC[C@]3(C)[C@@H]([C@H](C)COC(=O)NS(=O)(=O)c4ccc(N5CCCCC5=O)cc4)CC[C@@H]23)[C@@]2(C)CC[C@@H](O)C[C@@H]12. The average molecular weight is 659 g/mol. The van der Waals surface area contributed by atoms with Crippen molar-refractivity contribution in [2.45, 2.75) is 115 Å². The first kappa shape index (κ1) is 33.7. The molecule has 4 saturated carbocycles. The molecule has 6 rings (SSSR count).